The predicted octanol–water partition coefficient (Wildman–Crippen LogP) is 0.0667. The Kier molecular flexibility index (Phi) is 5.35. The van der Waals surface area contributed by atoms with Gasteiger partial charge in [-0.3, -0.25) is 4.79 Å². The molecule has 1 atom stereocenters. The molecule has 1 heterocycles. The van der Waals surface area contributed by atoms with E-state index in [1.165, 1.54) is 10.5 Å². The van der Waals surface area contributed by atoms with Crippen LogP contribution in [0.5, 0.6) is 0 Å². The van der Waals surface area contributed by atoms with Crippen LogP contribution in [0.15, 0.2) is 11.6 Å². The van der Waals surface area contributed by atoms with Crippen LogP contribution in [-0.2, 0) is 9.59 Å². The van der Waals surface area contributed by atoms with E-state index in [0.717, 1.165) is 6.42 Å². The molecule has 1 unspecified atom stereocenters. The lowest BCUT2D eigenvalue weighted by Crippen LogP contribution is -2.49. The molecular formula is C12H19N3O4. The fourth-order valence-electron chi connectivity index (χ4n) is 1.74. The van der Waals surface area contributed by atoms with Gasteiger partial charge in [0.05, 0.1) is 0 Å². The summed E-state index contributed by atoms with van der Waals surface area (Å²) in [5.41, 5.74) is 6.18. The Morgan fingerprint density at radius 2 is 2.21 bits per heavy atom. The maximum atomic E-state index is 11.9. The minimum atomic E-state index is -1.17. The van der Waals surface area contributed by atoms with Gasteiger partial charge in [0.15, 0.2) is 0 Å². The molecule has 0 fully saturated rings. The normalized spacial score (nSPS) is 16.5. The van der Waals surface area contributed by atoms with E-state index >= 15 is 0 Å². The summed E-state index contributed by atoms with van der Waals surface area (Å²) in [6.07, 6.45) is 2.64. The lowest BCUT2D eigenvalue weighted by atomic mass is 10.1. The molecule has 4 N–H and O–H groups in total. The Bertz CT molecular complexity index is 406. The first-order valence-electron chi connectivity index (χ1n) is 6.12. The van der Waals surface area contributed by atoms with Crippen molar-refractivity contribution in [3.8, 4) is 0 Å². The highest BCUT2D eigenvalue weighted by Crippen LogP contribution is 2.10. The van der Waals surface area contributed by atoms with Crippen LogP contribution in [0.2, 0.25) is 0 Å². The lowest BCUT2D eigenvalue weighted by Gasteiger charge is -2.27. The van der Waals surface area contributed by atoms with E-state index in [1.54, 1.807) is 0 Å². The molecule has 1 aliphatic rings. The maximum absolute atomic E-state index is 11.9. The van der Waals surface area contributed by atoms with Crippen molar-refractivity contribution in [3.05, 3.63) is 11.6 Å². The molecule has 0 saturated heterocycles. The molecule has 1 aliphatic heterocycles. The second-order valence-corrected chi connectivity index (χ2v) is 4.59. The largest absolute Gasteiger partial charge is 0.480 e. The minimum Gasteiger partial charge on any atom is -0.480 e. The number of carbonyl (C=O) groups excluding carboxylic acids is 2. The van der Waals surface area contributed by atoms with Crippen LogP contribution in [-0.4, -0.2) is 47.0 Å². The zero-order valence-electron chi connectivity index (χ0n) is 10.9. The van der Waals surface area contributed by atoms with Gasteiger partial charge in [-0.1, -0.05) is 11.6 Å². The number of carboxylic acid groups (broad SMARTS) is 1. The number of rotatable bonds is 5. The fourth-order valence-corrected chi connectivity index (χ4v) is 1.74. The number of primary amides is 1. The summed E-state index contributed by atoms with van der Waals surface area (Å²) >= 11 is 0. The highest BCUT2D eigenvalue weighted by atomic mass is 16.4. The number of carbonyl (C=O) groups is 3. The van der Waals surface area contributed by atoms with Gasteiger partial charge in [-0.2, -0.15) is 0 Å². The quantitative estimate of drug-likeness (QED) is 0.613. The molecule has 0 radical (unpaired) electrons. The van der Waals surface area contributed by atoms with Crippen molar-refractivity contribution in [2.24, 2.45) is 5.73 Å². The number of hydrogen-bond donors (Lipinski definition) is 3. The summed E-state index contributed by atoms with van der Waals surface area (Å²) in [6.45, 7) is 3.03. The summed E-state index contributed by atoms with van der Waals surface area (Å²) in [4.78, 5) is 35.0. The van der Waals surface area contributed by atoms with E-state index in [0.29, 0.717) is 13.1 Å². The molecule has 7 nitrogen and oxygen atoms in total. The summed E-state index contributed by atoms with van der Waals surface area (Å²) in [5.74, 6) is -1.75. The topological polar surface area (TPSA) is 113 Å². The van der Waals surface area contributed by atoms with Crippen LogP contribution in [0.25, 0.3) is 0 Å². The van der Waals surface area contributed by atoms with Gasteiger partial charge in [0.25, 0.3) is 0 Å². The zero-order valence-corrected chi connectivity index (χ0v) is 10.9. The molecule has 0 aliphatic carbocycles. The fraction of sp³-hybridized carbons (Fsp3) is 0.583. The van der Waals surface area contributed by atoms with Crippen LogP contribution in [0.1, 0.15) is 26.2 Å². The SMILES string of the molecule is CC1=CCN(C(=O)NC(CCC(N)=O)C(=O)O)CC1. The van der Waals surface area contributed by atoms with Crippen molar-refractivity contribution in [2.75, 3.05) is 13.1 Å². The number of nitrogens with one attached hydrogen (secondary N) is 1. The third kappa shape index (κ3) is 4.99. The van der Waals surface area contributed by atoms with Crippen molar-refractivity contribution in [1.29, 1.82) is 0 Å². The Balaban J connectivity index is 2.51. The highest BCUT2D eigenvalue weighted by molar-refractivity contribution is 5.83. The molecule has 1 rings (SSSR count). The van der Waals surface area contributed by atoms with Crippen molar-refractivity contribution >= 4 is 17.9 Å². The average molecular weight is 269 g/mol. The zero-order chi connectivity index (χ0) is 14.4. The van der Waals surface area contributed by atoms with Crippen LogP contribution < -0.4 is 11.1 Å². The number of amides is 3. The van der Waals surface area contributed by atoms with Gasteiger partial charge >= 0.3 is 12.0 Å². The molecule has 7 heteroatoms. The summed E-state index contributed by atoms with van der Waals surface area (Å²) < 4.78 is 0. The number of nitrogens with zero attached hydrogens (tertiary/aromatic N) is 1. The molecular weight excluding hydrogens is 250 g/mol. The second kappa shape index (κ2) is 6.77. The van der Waals surface area contributed by atoms with Crippen molar-refractivity contribution in [2.45, 2.75) is 32.2 Å². The van der Waals surface area contributed by atoms with Gasteiger partial charge < -0.3 is 21.1 Å². The van der Waals surface area contributed by atoms with Crippen LogP contribution >= 0.6 is 0 Å². The minimum absolute atomic E-state index is 0.000879. The van der Waals surface area contributed by atoms with Crippen molar-refractivity contribution in [3.63, 3.8) is 0 Å². The van der Waals surface area contributed by atoms with E-state index in [-0.39, 0.29) is 12.8 Å². The van der Waals surface area contributed by atoms with Gasteiger partial charge in [0.1, 0.15) is 6.04 Å². The summed E-state index contributed by atoms with van der Waals surface area (Å²) in [7, 11) is 0. The van der Waals surface area contributed by atoms with Crippen LogP contribution in [0.4, 0.5) is 4.79 Å². The van der Waals surface area contributed by atoms with E-state index < -0.39 is 23.9 Å². The third-order valence-electron chi connectivity index (χ3n) is 3.00. The molecule has 0 aromatic rings. The van der Waals surface area contributed by atoms with Gasteiger partial charge in [-0.15, -0.1) is 0 Å². The smallest absolute Gasteiger partial charge is 0.326 e. The highest BCUT2D eigenvalue weighted by Gasteiger charge is 2.24. The second-order valence-electron chi connectivity index (χ2n) is 4.59. The Labute approximate surface area is 111 Å². The van der Waals surface area contributed by atoms with E-state index in [2.05, 4.69) is 5.32 Å². The molecule has 19 heavy (non-hydrogen) atoms. The van der Waals surface area contributed by atoms with Crippen LogP contribution in [0.3, 0.4) is 0 Å². The first-order valence-corrected chi connectivity index (χ1v) is 6.12. The number of hydrogen-bond acceptors (Lipinski definition) is 3. The Hall–Kier alpha value is -2.05. The molecule has 0 aromatic carbocycles. The van der Waals surface area contributed by atoms with Crippen LogP contribution in [0, 0.1) is 0 Å². The van der Waals surface area contributed by atoms with Gasteiger partial charge in [-0.05, 0) is 19.8 Å². The van der Waals surface area contributed by atoms with Gasteiger partial charge in [0.2, 0.25) is 5.91 Å². The van der Waals surface area contributed by atoms with E-state index in [4.69, 9.17) is 10.8 Å². The predicted molar refractivity (Wildman–Crippen MR) is 68.3 cm³/mol. The lowest BCUT2D eigenvalue weighted by molar-refractivity contribution is -0.139. The molecule has 106 valence electrons. The van der Waals surface area contributed by atoms with Gasteiger partial charge in [0, 0.05) is 19.5 Å². The monoisotopic (exact) mass is 269 g/mol. The Morgan fingerprint density at radius 1 is 1.53 bits per heavy atom. The molecule has 0 saturated carbocycles. The molecule has 3 amide bonds. The number of urea groups is 1. The standard InChI is InChI=1S/C12H19N3O4/c1-8-4-6-15(7-5-8)12(19)14-9(11(17)18)2-3-10(13)16/h4,9H,2-3,5-7H2,1H3,(H2,13,16)(H,14,19)(H,17,18). The van der Waals surface area contributed by atoms with Crippen molar-refractivity contribution < 1.29 is 19.5 Å². The van der Waals surface area contributed by atoms with Gasteiger partial charge in [-0.25, -0.2) is 9.59 Å². The molecule has 0 spiro atoms. The van der Waals surface area contributed by atoms with Crippen molar-refractivity contribution in [1.82, 2.24) is 10.2 Å². The first-order chi connectivity index (χ1) is 8.90. The Morgan fingerprint density at radius 3 is 2.68 bits per heavy atom. The first kappa shape index (κ1) is 15.0. The third-order valence-corrected chi connectivity index (χ3v) is 3.00. The number of nitrogens with two attached hydrogens (primary N) is 1. The van der Waals surface area contributed by atoms with E-state index in [1.807, 2.05) is 13.0 Å². The number of carboxylic acids is 1. The van der Waals surface area contributed by atoms with E-state index in [9.17, 15) is 14.4 Å². The summed E-state index contributed by atoms with van der Waals surface area (Å²) in [5, 5.41) is 11.4. The average Bonchev–Trinajstić information content (AvgIpc) is 2.34. The molecule has 0 bridgehead atoms. The maximum Gasteiger partial charge on any atom is 0.326 e. The summed E-state index contributed by atoms with van der Waals surface area (Å²) in [6, 6.07) is -1.52. The molecule has 0 aromatic heterocycles. The number of aliphatic carboxylic acids is 1.